The second kappa shape index (κ2) is 2.28. The summed E-state index contributed by atoms with van der Waals surface area (Å²) in [6, 6.07) is 1.25. The fourth-order valence-electron chi connectivity index (χ4n) is 0.353. The van der Waals surface area contributed by atoms with Crippen LogP contribution >= 0.6 is 20.7 Å². The lowest BCUT2D eigenvalue weighted by atomic mass is 10.5. The van der Waals surface area contributed by atoms with Gasteiger partial charge in [0.2, 0.25) is 4.74 Å². The summed E-state index contributed by atoms with van der Waals surface area (Å²) < 4.78 is -0.117. The Morgan fingerprint density at radius 3 is 2.44 bits per heavy atom. The van der Waals surface area contributed by atoms with Gasteiger partial charge in [-0.2, -0.15) is 0 Å². The zero-order valence-electron chi connectivity index (χ0n) is 4.29. The Morgan fingerprint density at radius 2 is 2.22 bits per heavy atom. The van der Waals surface area contributed by atoms with Crippen molar-refractivity contribution in [3.8, 4) is 0 Å². The molecular formula is C4H3NO2S2. The van der Waals surface area contributed by atoms with E-state index in [0.717, 1.165) is 20.7 Å². The molecule has 2 N–H and O–H groups in total. The first-order valence-electron chi connectivity index (χ1n) is 2.10. The van der Waals surface area contributed by atoms with E-state index in [4.69, 9.17) is 5.73 Å². The largest absolute Gasteiger partial charge is 0.365 e. The van der Waals surface area contributed by atoms with E-state index in [1.165, 1.54) is 6.07 Å². The molecule has 0 aliphatic heterocycles. The lowest BCUT2D eigenvalue weighted by Crippen LogP contribution is -2.08. The van der Waals surface area contributed by atoms with Crippen molar-refractivity contribution in [2.45, 2.75) is 0 Å². The Kier molecular flexibility index (Phi) is 1.63. The molecule has 1 heterocycles. The molecule has 1 rings (SSSR count). The smallest absolute Gasteiger partial charge is 0.259 e. The topological polar surface area (TPSA) is 60.2 Å². The minimum atomic E-state index is -0.529. The Labute approximate surface area is 58.1 Å². The average molecular weight is 161 g/mol. The molecule has 1 aromatic rings. The first-order chi connectivity index (χ1) is 4.20. The molecule has 0 radical (unpaired) electrons. The molecule has 9 heavy (non-hydrogen) atoms. The Balaban J connectivity index is 3.12. The van der Waals surface area contributed by atoms with Crippen LogP contribution < -0.4 is 10.5 Å². The van der Waals surface area contributed by atoms with Gasteiger partial charge in [0.25, 0.3) is 5.91 Å². The lowest BCUT2D eigenvalue weighted by Gasteiger charge is -1.78. The van der Waals surface area contributed by atoms with Crippen LogP contribution in [0.4, 0.5) is 0 Å². The van der Waals surface area contributed by atoms with Gasteiger partial charge in [0.15, 0.2) is 0 Å². The number of hydrogen-bond acceptors (Lipinski definition) is 4. The normalized spacial score (nSPS) is 9.33. The molecule has 0 aromatic carbocycles. The monoisotopic (exact) mass is 161 g/mol. The summed E-state index contributed by atoms with van der Waals surface area (Å²) in [6.45, 7) is 0. The van der Waals surface area contributed by atoms with Crippen LogP contribution in [-0.4, -0.2) is 5.91 Å². The number of carbonyl (C=O) groups excluding carboxylic acids is 1. The van der Waals surface area contributed by atoms with Crippen LogP contribution in [0.25, 0.3) is 0 Å². The molecule has 0 aliphatic rings. The van der Waals surface area contributed by atoms with Crippen molar-refractivity contribution in [3.63, 3.8) is 0 Å². The summed E-state index contributed by atoms with van der Waals surface area (Å²) in [7, 11) is 2.13. The quantitative estimate of drug-likeness (QED) is 0.601. The van der Waals surface area contributed by atoms with Crippen molar-refractivity contribution >= 4 is 26.6 Å². The summed E-state index contributed by atoms with van der Waals surface area (Å²) >= 11 is 0. The number of hydrogen-bond donors (Lipinski definition) is 1. The third kappa shape index (κ3) is 1.36. The van der Waals surface area contributed by atoms with Crippen molar-refractivity contribution in [1.29, 1.82) is 0 Å². The van der Waals surface area contributed by atoms with Crippen LogP contribution in [0, 0.1) is 0 Å². The van der Waals surface area contributed by atoms with Crippen LogP contribution in [0.5, 0.6) is 0 Å². The number of carbonyl (C=O) groups is 1. The van der Waals surface area contributed by atoms with E-state index in [1.807, 2.05) is 0 Å². The van der Waals surface area contributed by atoms with Crippen LogP contribution in [0.2, 0.25) is 0 Å². The Bertz CT molecular complexity index is 274. The van der Waals surface area contributed by atoms with E-state index in [-0.39, 0.29) is 4.74 Å². The van der Waals surface area contributed by atoms with Crippen molar-refractivity contribution in [2.75, 3.05) is 0 Å². The average Bonchev–Trinajstić information content (AvgIpc) is 2.14. The molecule has 5 heteroatoms. The highest BCUT2D eigenvalue weighted by Gasteiger charge is 2.01. The van der Waals surface area contributed by atoms with Crippen LogP contribution in [0.15, 0.2) is 10.9 Å². The molecule has 0 saturated carbocycles. The minimum absolute atomic E-state index is 0.117. The van der Waals surface area contributed by atoms with Gasteiger partial charge in [-0.15, -0.1) is 0 Å². The van der Waals surface area contributed by atoms with Gasteiger partial charge < -0.3 is 5.73 Å². The van der Waals surface area contributed by atoms with E-state index in [1.54, 1.807) is 0 Å². The molecule has 0 unspecified atom stereocenters. The van der Waals surface area contributed by atoms with E-state index < -0.39 is 5.91 Å². The molecule has 0 bridgehead atoms. The van der Waals surface area contributed by atoms with E-state index >= 15 is 0 Å². The second-order valence-electron chi connectivity index (χ2n) is 1.36. The molecule has 1 amide bonds. The lowest BCUT2D eigenvalue weighted by molar-refractivity contribution is 0.100. The molecule has 1 aromatic heterocycles. The fraction of sp³-hybridized carbons (Fsp3) is 0. The standard InChI is InChI=1S/C4H3NO2S2/c5-4(7)2-1-3(6)9-8-2/h1H,(H2,5,7). The second-order valence-corrected chi connectivity index (χ2v) is 3.53. The first kappa shape index (κ1) is 6.44. The summed E-state index contributed by atoms with van der Waals surface area (Å²) in [6.07, 6.45) is 0. The highest BCUT2D eigenvalue weighted by molar-refractivity contribution is 7.69. The molecule has 48 valence electrons. The van der Waals surface area contributed by atoms with Crippen molar-refractivity contribution < 1.29 is 4.79 Å². The van der Waals surface area contributed by atoms with Gasteiger partial charge in [-0.1, -0.05) is 10.3 Å². The first-order valence-corrected chi connectivity index (χ1v) is 4.25. The van der Waals surface area contributed by atoms with E-state index in [2.05, 4.69) is 0 Å². The SMILES string of the molecule is NC(=O)c1cc(=O)ss1. The maximum atomic E-state index is 10.4. The fourth-order valence-corrected chi connectivity index (χ4v) is 2.05. The van der Waals surface area contributed by atoms with E-state index in [0.29, 0.717) is 4.88 Å². The molecule has 3 nitrogen and oxygen atoms in total. The summed E-state index contributed by atoms with van der Waals surface area (Å²) in [5.41, 5.74) is 4.87. The molecule has 0 fully saturated rings. The summed E-state index contributed by atoms with van der Waals surface area (Å²) in [5, 5.41) is 0. The van der Waals surface area contributed by atoms with Crippen LogP contribution in [0.1, 0.15) is 9.67 Å². The number of rotatable bonds is 1. The Hall–Kier alpha value is -0.680. The maximum Gasteiger partial charge on any atom is 0.259 e. The maximum absolute atomic E-state index is 10.4. The van der Waals surface area contributed by atoms with Gasteiger partial charge in [0, 0.05) is 6.07 Å². The third-order valence-electron chi connectivity index (χ3n) is 0.705. The molecule has 0 spiro atoms. The van der Waals surface area contributed by atoms with Gasteiger partial charge >= 0.3 is 0 Å². The van der Waals surface area contributed by atoms with Gasteiger partial charge in [-0.25, -0.2) is 0 Å². The highest BCUT2D eigenvalue weighted by Crippen LogP contribution is 2.07. The predicted molar refractivity (Wildman–Crippen MR) is 37.0 cm³/mol. The van der Waals surface area contributed by atoms with Crippen LogP contribution in [0.3, 0.4) is 0 Å². The van der Waals surface area contributed by atoms with Crippen molar-refractivity contribution in [1.82, 2.24) is 0 Å². The van der Waals surface area contributed by atoms with Gasteiger partial charge in [-0.3, -0.25) is 9.59 Å². The molecule has 0 aliphatic carbocycles. The third-order valence-corrected chi connectivity index (χ3v) is 2.85. The number of nitrogens with two attached hydrogens (primary N) is 1. The van der Waals surface area contributed by atoms with Gasteiger partial charge in [-0.05, 0) is 10.3 Å². The van der Waals surface area contributed by atoms with Gasteiger partial charge in [0.05, 0.1) is 0 Å². The molecule has 0 saturated heterocycles. The predicted octanol–water partition coefficient (Wildman–Crippen LogP) is 0.269. The van der Waals surface area contributed by atoms with Crippen molar-refractivity contribution in [3.05, 3.63) is 20.5 Å². The molecule has 0 atom stereocenters. The Morgan fingerprint density at radius 1 is 1.56 bits per heavy atom. The zero-order valence-corrected chi connectivity index (χ0v) is 5.92. The number of amides is 1. The zero-order chi connectivity index (χ0) is 6.85. The molecular weight excluding hydrogens is 158 g/mol. The number of primary amides is 1. The summed E-state index contributed by atoms with van der Waals surface area (Å²) in [4.78, 5) is 21.1. The summed E-state index contributed by atoms with van der Waals surface area (Å²) in [5.74, 6) is -0.529. The minimum Gasteiger partial charge on any atom is -0.365 e. The van der Waals surface area contributed by atoms with Crippen molar-refractivity contribution in [2.24, 2.45) is 5.73 Å². The van der Waals surface area contributed by atoms with E-state index in [9.17, 15) is 9.59 Å². The van der Waals surface area contributed by atoms with Crippen LogP contribution in [-0.2, 0) is 0 Å². The van der Waals surface area contributed by atoms with Gasteiger partial charge in [0.1, 0.15) is 4.88 Å². The highest BCUT2D eigenvalue weighted by atomic mass is 32.9.